The predicted molar refractivity (Wildman–Crippen MR) is 119 cm³/mol. The third kappa shape index (κ3) is 3.47. The smallest absolute Gasteiger partial charge is 0.306 e. The minimum absolute atomic E-state index is 0.0176. The quantitative estimate of drug-likeness (QED) is 0.725. The molecule has 0 aliphatic heterocycles. The number of hydrogen-bond acceptors (Lipinski definition) is 2. The van der Waals surface area contributed by atoms with Crippen molar-refractivity contribution >= 4 is 24.7 Å². The highest BCUT2D eigenvalue weighted by molar-refractivity contribution is 6.99. The van der Waals surface area contributed by atoms with E-state index < -0.39 is 14.3 Å². The van der Waals surface area contributed by atoms with Gasteiger partial charge in [0.2, 0.25) is 0 Å². The first-order chi connectivity index (χ1) is 13.8. The van der Waals surface area contributed by atoms with E-state index in [1.165, 1.54) is 10.4 Å². The van der Waals surface area contributed by atoms with Crippen LogP contribution in [0.5, 0.6) is 0 Å². The summed E-state index contributed by atoms with van der Waals surface area (Å²) in [5.41, 5.74) is 0. The van der Waals surface area contributed by atoms with Gasteiger partial charge in [-0.15, -0.1) is 0 Å². The van der Waals surface area contributed by atoms with E-state index in [2.05, 4.69) is 81.4 Å². The molecule has 2 unspecified atom stereocenters. The molecule has 0 radical (unpaired) electrons. The van der Waals surface area contributed by atoms with Gasteiger partial charge >= 0.3 is 5.97 Å². The topological polar surface area (TPSA) is 46.5 Å². The van der Waals surface area contributed by atoms with Crippen molar-refractivity contribution in [3.63, 3.8) is 0 Å². The van der Waals surface area contributed by atoms with Gasteiger partial charge in [0, 0.05) is 6.10 Å². The molecule has 0 aromatic heterocycles. The van der Waals surface area contributed by atoms with Gasteiger partial charge in [-0.3, -0.25) is 4.79 Å². The molecule has 1 N–H and O–H groups in total. The van der Waals surface area contributed by atoms with Crippen molar-refractivity contribution in [1.82, 2.24) is 0 Å². The van der Waals surface area contributed by atoms with Crippen molar-refractivity contribution in [2.75, 3.05) is 0 Å². The van der Waals surface area contributed by atoms with Gasteiger partial charge in [-0.05, 0) is 46.0 Å². The summed E-state index contributed by atoms with van der Waals surface area (Å²) in [7, 11) is -2.51. The van der Waals surface area contributed by atoms with Crippen molar-refractivity contribution in [3.05, 3.63) is 60.7 Å². The van der Waals surface area contributed by atoms with Crippen LogP contribution in [0, 0.1) is 23.7 Å². The summed E-state index contributed by atoms with van der Waals surface area (Å²) in [6.45, 7) is 8.79. The van der Waals surface area contributed by atoms with E-state index in [-0.39, 0.29) is 17.1 Å². The van der Waals surface area contributed by atoms with E-state index in [4.69, 9.17) is 4.43 Å². The third-order valence-electron chi connectivity index (χ3n) is 7.20. The fourth-order valence-electron chi connectivity index (χ4n) is 5.79. The Bertz CT molecular complexity index is 807. The summed E-state index contributed by atoms with van der Waals surface area (Å²) >= 11 is 0. The van der Waals surface area contributed by atoms with Gasteiger partial charge in [0.15, 0.2) is 0 Å². The molecule has 0 bridgehead atoms. The molecule has 3 nitrogen and oxygen atoms in total. The van der Waals surface area contributed by atoms with E-state index in [0.717, 1.165) is 12.8 Å². The Hall–Kier alpha value is -1.91. The van der Waals surface area contributed by atoms with Crippen LogP contribution in [0.2, 0.25) is 5.04 Å². The maximum atomic E-state index is 11.4. The molecular formula is C25H32O3Si. The first kappa shape index (κ1) is 20.4. The fourth-order valence-corrected chi connectivity index (χ4v) is 10.5. The number of carbonyl (C=O) groups is 1. The monoisotopic (exact) mass is 408 g/mol. The molecule has 0 heterocycles. The Morgan fingerprint density at radius 3 is 1.79 bits per heavy atom. The number of carboxylic acid groups (broad SMARTS) is 1. The molecule has 2 aliphatic carbocycles. The maximum Gasteiger partial charge on any atom is 0.306 e. The second-order valence-electron chi connectivity index (χ2n) is 9.91. The van der Waals surface area contributed by atoms with Crippen molar-refractivity contribution in [3.8, 4) is 0 Å². The van der Waals surface area contributed by atoms with Gasteiger partial charge in [0.25, 0.3) is 8.32 Å². The third-order valence-corrected chi connectivity index (χ3v) is 12.3. The Balaban J connectivity index is 1.66. The molecule has 2 fully saturated rings. The zero-order chi connectivity index (χ0) is 20.8. The van der Waals surface area contributed by atoms with Crippen LogP contribution in [0.4, 0.5) is 0 Å². The predicted octanol–water partition coefficient (Wildman–Crippen LogP) is 4.31. The molecule has 0 amide bonds. The summed E-state index contributed by atoms with van der Waals surface area (Å²) in [5.74, 6) is 0.479. The molecule has 2 aromatic carbocycles. The second-order valence-corrected chi connectivity index (χ2v) is 14.2. The highest BCUT2D eigenvalue weighted by Gasteiger charge is 2.61. The SMILES string of the molecule is CC(C(=O)O)[C@@H]1[C@@H]2CC(O[Si](c3ccccc3)(c3ccccc3)C(C)(C)C)C[C@@H]21. The van der Waals surface area contributed by atoms with Crippen LogP contribution < -0.4 is 10.4 Å². The zero-order valence-electron chi connectivity index (χ0n) is 17.8. The molecule has 2 aromatic rings. The van der Waals surface area contributed by atoms with Crippen molar-refractivity contribution < 1.29 is 14.3 Å². The normalized spacial score (nSPS) is 27.3. The summed E-state index contributed by atoms with van der Waals surface area (Å²) in [4.78, 5) is 11.4. The summed E-state index contributed by atoms with van der Waals surface area (Å²) in [5, 5.41) is 12.0. The van der Waals surface area contributed by atoms with Gasteiger partial charge in [-0.2, -0.15) is 0 Å². The molecule has 29 heavy (non-hydrogen) atoms. The van der Waals surface area contributed by atoms with E-state index in [1.807, 2.05) is 6.92 Å². The maximum absolute atomic E-state index is 11.4. The lowest BCUT2D eigenvalue weighted by Crippen LogP contribution is -2.67. The lowest BCUT2D eigenvalue weighted by Gasteiger charge is -2.45. The van der Waals surface area contributed by atoms with E-state index in [1.54, 1.807) is 0 Å². The minimum atomic E-state index is -2.51. The number of aliphatic carboxylic acids is 1. The largest absolute Gasteiger partial charge is 0.481 e. The summed E-state index contributed by atoms with van der Waals surface area (Å²) < 4.78 is 7.22. The average Bonchev–Trinajstić information content (AvgIpc) is 3.20. The minimum Gasteiger partial charge on any atom is -0.481 e. The molecule has 4 rings (SSSR count). The van der Waals surface area contributed by atoms with E-state index >= 15 is 0 Å². The van der Waals surface area contributed by atoms with Crippen LogP contribution >= 0.6 is 0 Å². The van der Waals surface area contributed by atoms with Crippen LogP contribution in [-0.2, 0) is 9.22 Å². The first-order valence-corrected chi connectivity index (χ1v) is 12.7. The standard InChI is InChI=1S/C25H32O3Si/c1-17(24(26)27)23-21-15-18(16-22(21)23)28-29(25(2,3)4,19-11-7-5-8-12-19)20-13-9-6-10-14-20/h5-14,17-18,21-23H,15-16H2,1-4H3,(H,26,27)/t17?,18?,21-,22+,23-. The molecular weight excluding hydrogens is 376 g/mol. The number of rotatable bonds is 6. The van der Waals surface area contributed by atoms with Gasteiger partial charge in [0.1, 0.15) is 0 Å². The van der Waals surface area contributed by atoms with Crippen LogP contribution in [-0.4, -0.2) is 25.5 Å². The summed E-state index contributed by atoms with van der Waals surface area (Å²) in [6.07, 6.45) is 2.21. The molecule has 2 aliphatic rings. The number of fused-ring (bicyclic) bond motifs is 1. The Kier molecular flexibility index (Phi) is 5.20. The molecule has 0 spiro atoms. The second kappa shape index (κ2) is 7.40. The fraction of sp³-hybridized carbons (Fsp3) is 0.480. The molecule has 0 saturated heterocycles. The van der Waals surface area contributed by atoms with Crippen LogP contribution in [0.1, 0.15) is 40.5 Å². The Labute approximate surface area is 175 Å². The molecule has 4 heteroatoms. The van der Waals surface area contributed by atoms with Gasteiger partial charge in [-0.1, -0.05) is 88.4 Å². The highest BCUT2D eigenvalue weighted by atomic mass is 28.4. The number of benzene rings is 2. The Morgan fingerprint density at radius 2 is 1.41 bits per heavy atom. The number of hydrogen-bond donors (Lipinski definition) is 1. The van der Waals surface area contributed by atoms with Crippen LogP contribution in [0.15, 0.2) is 60.7 Å². The van der Waals surface area contributed by atoms with Crippen molar-refractivity contribution in [2.45, 2.75) is 51.7 Å². The molecule has 2 saturated carbocycles. The molecule has 5 atom stereocenters. The van der Waals surface area contributed by atoms with Crippen molar-refractivity contribution in [2.24, 2.45) is 23.7 Å². The van der Waals surface area contributed by atoms with Gasteiger partial charge < -0.3 is 9.53 Å². The lowest BCUT2D eigenvalue weighted by atomic mass is 9.98. The van der Waals surface area contributed by atoms with E-state index in [9.17, 15) is 9.90 Å². The van der Waals surface area contributed by atoms with Crippen molar-refractivity contribution in [1.29, 1.82) is 0 Å². The highest BCUT2D eigenvalue weighted by Crippen LogP contribution is 2.61. The van der Waals surface area contributed by atoms with E-state index in [0.29, 0.717) is 17.8 Å². The number of carboxylic acids is 1. The Morgan fingerprint density at radius 1 is 0.966 bits per heavy atom. The van der Waals surface area contributed by atoms with Gasteiger partial charge in [-0.25, -0.2) is 0 Å². The molecule has 154 valence electrons. The summed E-state index contributed by atoms with van der Waals surface area (Å²) in [6, 6.07) is 21.5. The average molecular weight is 409 g/mol. The van der Waals surface area contributed by atoms with Crippen LogP contribution in [0.25, 0.3) is 0 Å². The zero-order valence-corrected chi connectivity index (χ0v) is 18.8. The van der Waals surface area contributed by atoms with Crippen LogP contribution in [0.3, 0.4) is 0 Å². The van der Waals surface area contributed by atoms with Gasteiger partial charge in [0.05, 0.1) is 5.92 Å². The lowest BCUT2D eigenvalue weighted by molar-refractivity contribution is -0.142. The first-order valence-electron chi connectivity index (χ1n) is 10.8.